The predicted molar refractivity (Wildman–Crippen MR) is 117 cm³/mol. The summed E-state index contributed by atoms with van der Waals surface area (Å²) in [4.78, 5) is 33.0. The van der Waals surface area contributed by atoms with Crippen LogP contribution in [-0.2, 0) is 14.3 Å². The number of carbonyl (C=O) groups is 3. The van der Waals surface area contributed by atoms with Gasteiger partial charge in [0.05, 0.1) is 38.7 Å². The minimum absolute atomic E-state index is 0.127. The Morgan fingerprint density at radius 1 is 0.867 bits per heavy atom. The lowest BCUT2D eigenvalue weighted by Crippen LogP contribution is -2.08. The molecular weight excluding hydrogens is 432 g/mol. The number of ether oxygens (including phenoxy) is 3. The molecule has 0 aliphatic heterocycles. The minimum atomic E-state index is -0.815. The molecule has 168 valence electrons. The molecule has 8 nitrogen and oxygen atoms in total. The van der Waals surface area contributed by atoms with Gasteiger partial charge in [0, 0.05) is 11.5 Å². The quantitative estimate of drug-likeness (QED) is 0.264. The van der Waals surface area contributed by atoms with Gasteiger partial charge in [0.1, 0.15) is 0 Å². The van der Waals surface area contributed by atoms with Gasteiger partial charge >= 0.3 is 17.9 Å². The Morgan fingerprint density at radius 2 is 1.47 bits per heavy atom. The van der Waals surface area contributed by atoms with Crippen LogP contribution in [0.3, 0.4) is 0 Å². The zero-order valence-electron chi connectivity index (χ0n) is 17.0. The normalized spacial score (nSPS) is 10.4. The molecule has 0 saturated carbocycles. The molecule has 10 heteroatoms. The van der Waals surface area contributed by atoms with Crippen molar-refractivity contribution in [3.63, 3.8) is 0 Å². The first kappa shape index (κ1) is 26.0. The van der Waals surface area contributed by atoms with Crippen LogP contribution in [-0.4, -0.2) is 71.5 Å². The topological polar surface area (TPSA) is 119 Å². The number of esters is 1. The smallest absolute Gasteiger partial charge is 0.338 e. The van der Waals surface area contributed by atoms with Crippen molar-refractivity contribution in [2.75, 3.05) is 43.3 Å². The van der Waals surface area contributed by atoms with Crippen LogP contribution in [0.2, 0.25) is 0 Å². The molecule has 0 spiro atoms. The third-order valence-corrected chi connectivity index (χ3v) is 5.82. The SMILES string of the molecule is COc1cc(C(=O)OCCCSCCC(=O)O)ccc1OCCCSCCC(=O)O. The maximum absolute atomic E-state index is 12.2. The summed E-state index contributed by atoms with van der Waals surface area (Å²) in [5, 5.41) is 17.2. The minimum Gasteiger partial charge on any atom is -0.493 e. The molecule has 0 bridgehead atoms. The summed E-state index contributed by atoms with van der Waals surface area (Å²) in [6.07, 6.45) is 1.70. The molecule has 1 aromatic carbocycles. The van der Waals surface area contributed by atoms with E-state index in [1.54, 1.807) is 30.0 Å². The second-order valence-corrected chi connectivity index (χ2v) is 8.52. The van der Waals surface area contributed by atoms with E-state index in [0.29, 0.717) is 41.6 Å². The van der Waals surface area contributed by atoms with Crippen molar-refractivity contribution >= 4 is 41.4 Å². The number of hydrogen-bond acceptors (Lipinski definition) is 8. The van der Waals surface area contributed by atoms with Gasteiger partial charge in [-0.3, -0.25) is 9.59 Å². The van der Waals surface area contributed by atoms with E-state index in [9.17, 15) is 14.4 Å². The Kier molecular flexibility index (Phi) is 13.6. The molecule has 0 aliphatic rings. The molecule has 0 aromatic heterocycles. The van der Waals surface area contributed by atoms with Crippen LogP contribution in [0, 0.1) is 0 Å². The third-order valence-electron chi connectivity index (χ3n) is 3.68. The fourth-order valence-corrected chi connectivity index (χ4v) is 3.88. The van der Waals surface area contributed by atoms with E-state index in [2.05, 4.69) is 0 Å². The van der Waals surface area contributed by atoms with Crippen molar-refractivity contribution in [2.45, 2.75) is 25.7 Å². The Hall–Kier alpha value is -2.07. The van der Waals surface area contributed by atoms with Gasteiger partial charge in [-0.25, -0.2) is 4.79 Å². The number of rotatable bonds is 17. The Balaban J connectivity index is 2.31. The molecule has 30 heavy (non-hydrogen) atoms. The van der Waals surface area contributed by atoms with Crippen LogP contribution in [0.4, 0.5) is 0 Å². The number of carbonyl (C=O) groups excluding carboxylic acids is 1. The van der Waals surface area contributed by atoms with Crippen LogP contribution >= 0.6 is 23.5 Å². The summed E-state index contributed by atoms with van der Waals surface area (Å²) in [5.41, 5.74) is 0.363. The number of thioether (sulfide) groups is 2. The first-order chi connectivity index (χ1) is 14.4. The van der Waals surface area contributed by atoms with E-state index in [4.69, 9.17) is 24.4 Å². The highest BCUT2D eigenvalue weighted by Gasteiger charge is 2.12. The van der Waals surface area contributed by atoms with Crippen LogP contribution < -0.4 is 9.47 Å². The molecule has 2 N–H and O–H groups in total. The van der Waals surface area contributed by atoms with Gasteiger partial charge in [-0.05, 0) is 42.5 Å². The number of hydrogen-bond donors (Lipinski definition) is 2. The van der Waals surface area contributed by atoms with E-state index < -0.39 is 17.9 Å². The predicted octanol–water partition coefficient (Wildman–Crippen LogP) is 3.43. The monoisotopic (exact) mass is 460 g/mol. The van der Waals surface area contributed by atoms with E-state index >= 15 is 0 Å². The number of benzene rings is 1. The van der Waals surface area contributed by atoms with Crippen molar-refractivity contribution in [2.24, 2.45) is 0 Å². The van der Waals surface area contributed by atoms with E-state index in [1.807, 2.05) is 0 Å². The number of aliphatic carboxylic acids is 2. The largest absolute Gasteiger partial charge is 0.493 e. The molecule has 0 fully saturated rings. The highest BCUT2D eigenvalue weighted by atomic mass is 32.2. The Bertz CT molecular complexity index is 681. The van der Waals surface area contributed by atoms with Crippen LogP contribution in [0.25, 0.3) is 0 Å². The summed E-state index contributed by atoms with van der Waals surface area (Å²) >= 11 is 3.08. The number of methoxy groups -OCH3 is 1. The van der Waals surface area contributed by atoms with Crippen LogP contribution in [0.5, 0.6) is 11.5 Å². The molecule has 1 aromatic rings. The lowest BCUT2D eigenvalue weighted by molar-refractivity contribution is -0.137. The summed E-state index contributed by atoms with van der Waals surface area (Å²) in [5.74, 6) is 1.55. The first-order valence-electron chi connectivity index (χ1n) is 9.51. The number of carboxylic acid groups (broad SMARTS) is 2. The van der Waals surface area contributed by atoms with Gasteiger partial charge in [0.2, 0.25) is 0 Å². The van der Waals surface area contributed by atoms with Crippen LogP contribution in [0.1, 0.15) is 36.0 Å². The molecular formula is C20H28O8S2. The molecule has 0 saturated heterocycles. The molecule has 0 unspecified atom stereocenters. The van der Waals surface area contributed by atoms with Gasteiger partial charge in [-0.2, -0.15) is 23.5 Å². The van der Waals surface area contributed by atoms with Crippen LogP contribution in [0.15, 0.2) is 18.2 Å². The zero-order valence-corrected chi connectivity index (χ0v) is 18.6. The Morgan fingerprint density at radius 3 is 2.03 bits per heavy atom. The highest BCUT2D eigenvalue weighted by molar-refractivity contribution is 7.99. The molecule has 0 aliphatic carbocycles. The van der Waals surface area contributed by atoms with Gasteiger partial charge < -0.3 is 24.4 Å². The molecule has 0 heterocycles. The van der Waals surface area contributed by atoms with Crippen molar-refractivity contribution in [1.82, 2.24) is 0 Å². The van der Waals surface area contributed by atoms with E-state index in [0.717, 1.165) is 17.9 Å². The number of carboxylic acids is 2. The van der Waals surface area contributed by atoms with E-state index in [1.165, 1.54) is 18.9 Å². The summed E-state index contributed by atoms with van der Waals surface area (Å²) in [6, 6.07) is 4.85. The van der Waals surface area contributed by atoms with Gasteiger partial charge in [-0.15, -0.1) is 0 Å². The molecule has 1 rings (SSSR count). The van der Waals surface area contributed by atoms with Crippen molar-refractivity contribution in [3.05, 3.63) is 23.8 Å². The van der Waals surface area contributed by atoms with Crippen molar-refractivity contribution in [3.8, 4) is 11.5 Å². The maximum Gasteiger partial charge on any atom is 0.338 e. The van der Waals surface area contributed by atoms with Crippen molar-refractivity contribution < 1.29 is 38.8 Å². The standard InChI is InChI=1S/C20H28O8S2/c1-26-17-14-15(20(25)28-9-3-11-30-13-7-19(23)24)4-5-16(17)27-8-2-10-29-12-6-18(21)22/h4-5,14H,2-3,6-13H2,1H3,(H,21,22)(H,23,24). The Labute approximate surface area is 184 Å². The summed E-state index contributed by atoms with van der Waals surface area (Å²) in [7, 11) is 1.49. The van der Waals surface area contributed by atoms with Crippen molar-refractivity contribution in [1.29, 1.82) is 0 Å². The van der Waals surface area contributed by atoms with Gasteiger partial charge in [0.15, 0.2) is 11.5 Å². The average Bonchev–Trinajstić information content (AvgIpc) is 2.71. The van der Waals surface area contributed by atoms with E-state index in [-0.39, 0.29) is 19.4 Å². The fraction of sp³-hybridized carbons (Fsp3) is 0.550. The lowest BCUT2D eigenvalue weighted by atomic mass is 10.2. The molecule has 0 radical (unpaired) electrons. The molecule has 0 atom stereocenters. The average molecular weight is 461 g/mol. The summed E-state index contributed by atoms with van der Waals surface area (Å²) in [6.45, 7) is 0.721. The second-order valence-electron chi connectivity index (χ2n) is 6.07. The first-order valence-corrected chi connectivity index (χ1v) is 11.8. The third kappa shape index (κ3) is 11.8. The highest BCUT2D eigenvalue weighted by Crippen LogP contribution is 2.28. The van der Waals surface area contributed by atoms with Gasteiger partial charge in [-0.1, -0.05) is 0 Å². The lowest BCUT2D eigenvalue weighted by Gasteiger charge is -2.12. The summed E-state index contributed by atoms with van der Waals surface area (Å²) < 4.78 is 16.2. The van der Waals surface area contributed by atoms with Gasteiger partial charge in [0.25, 0.3) is 0 Å². The second kappa shape index (κ2) is 15.7. The zero-order chi connectivity index (χ0) is 22.2. The fourth-order valence-electron chi connectivity index (χ4n) is 2.19. The maximum atomic E-state index is 12.2. The molecule has 0 amide bonds.